The first-order valence-corrected chi connectivity index (χ1v) is 6.06. The molecule has 0 saturated carbocycles. The number of aliphatic hydroxyl groups excluding tert-OH is 1. The van der Waals surface area contributed by atoms with E-state index in [-0.39, 0.29) is 6.61 Å². The summed E-state index contributed by atoms with van der Waals surface area (Å²) in [6, 6.07) is 10.5. The van der Waals surface area contributed by atoms with Gasteiger partial charge in [-0.1, -0.05) is 25.1 Å². The van der Waals surface area contributed by atoms with E-state index in [1.54, 1.807) is 0 Å². The Labute approximate surface area is 103 Å². The second-order valence-electron chi connectivity index (χ2n) is 4.37. The third-order valence-corrected chi connectivity index (χ3v) is 3.32. The Hall–Kier alpha value is -1.54. The third-order valence-electron chi connectivity index (χ3n) is 3.32. The van der Waals surface area contributed by atoms with Gasteiger partial charge < -0.3 is 9.67 Å². The van der Waals surface area contributed by atoms with Gasteiger partial charge in [-0.3, -0.25) is 0 Å². The minimum Gasteiger partial charge on any atom is -0.392 e. The zero-order valence-electron chi connectivity index (χ0n) is 10.7. The number of nitrogens with zero attached hydrogens (tertiary/aromatic N) is 1. The Morgan fingerprint density at radius 1 is 1.12 bits per heavy atom. The smallest absolute Gasteiger partial charge is 0.0699 e. The minimum absolute atomic E-state index is 0.105. The lowest BCUT2D eigenvalue weighted by molar-refractivity contribution is 0.281. The average molecular weight is 229 g/mol. The molecule has 0 atom stereocenters. The van der Waals surface area contributed by atoms with Gasteiger partial charge in [-0.05, 0) is 43.5 Å². The molecule has 2 aromatic rings. The minimum atomic E-state index is 0.105. The maximum Gasteiger partial charge on any atom is 0.0699 e. The van der Waals surface area contributed by atoms with E-state index in [1.807, 2.05) is 0 Å². The molecule has 0 unspecified atom stereocenters. The molecule has 2 heteroatoms. The van der Waals surface area contributed by atoms with Crippen LogP contribution in [0.1, 0.15) is 29.4 Å². The van der Waals surface area contributed by atoms with E-state index < -0.39 is 0 Å². The molecule has 0 radical (unpaired) electrons. The number of aliphatic hydroxyl groups is 1. The lowest BCUT2D eigenvalue weighted by Gasteiger charge is -2.14. The zero-order chi connectivity index (χ0) is 12.4. The van der Waals surface area contributed by atoms with Crippen LogP contribution in [0, 0.1) is 13.8 Å². The van der Waals surface area contributed by atoms with Crippen LogP contribution in [0.4, 0.5) is 0 Å². The quantitative estimate of drug-likeness (QED) is 0.859. The van der Waals surface area contributed by atoms with Crippen LogP contribution >= 0.6 is 0 Å². The van der Waals surface area contributed by atoms with Crippen LogP contribution in [0.2, 0.25) is 0 Å². The van der Waals surface area contributed by atoms with Crippen LogP contribution in [0.15, 0.2) is 30.3 Å². The number of para-hydroxylation sites is 1. The lowest BCUT2D eigenvalue weighted by Crippen LogP contribution is -2.03. The maximum absolute atomic E-state index is 9.32. The highest BCUT2D eigenvalue weighted by atomic mass is 16.3. The molecule has 1 aromatic carbocycles. The highest BCUT2D eigenvalue weighted by Crippen LogP contribution is 2.23. The second-order valence-corrected chi connectivity index (χ2v) is 4.37. The average Bonchev–Trinajstić information content (AvgIpc) is 2.64. The first-order valence-electron chi connectivity index (χ1n) is 6.06. The fraction of sp³-hybridized carbons (Fsp3) is 0.333. The van der Waals surface area contributed by atoms with Gasteiger partial charge in [-0.15, -0.1) is 0 Å². The van der Waals surface area contributed by atoms with Crippen molar-refractivity contribution in [3.63, 3.8) is 0 Å². The largest absolute Gasteiger partial charge is 0.392 e. The van der Waals surface area contributed by atoms with Gasteiger partial charge in [0.05, 0.1) is 6.61 Å². The fourth-order valence-electron chi connectivity index (χ4n) is 2.39. The predicted octanol–water partition coefficient (Wildman–Crippen LogP) is 3.15. The molecule has 0 bridgehead atoms. The Kier molecular flexibility index (Phi) is 3.34. The van der Waals surface area contributed by atoms with Crippen molar-refractivity contribution in [3.8, 4) is 5.69 Å². The summed E-state index contributed by atoms with van der Waals surface area (Å²) in [6.07, 6.45) is 1.02. The van der Waals surface area contributed by atoms with Gasteiger partial charge in [0.2, 0.25) is 0 Å². The molecule has 0 aliphatic carbocycles. The van der Waals surface area contributed by atoms with Gasteiger partial charge in [0.1, 0.15) is 0 Å². The topological polar surface area (TPSA) is 25.2 Å². The molecule has 0 spiro atoms. The molecule has 1 aromatic heterocycles. The summed E-state index contributed by atoms with van der Waals surface area (Å²) in [5.74, 6) is 0. The standard InChI is InChI=1S/C15H19NO/c1-4-13-7-5-6-8-15(13)16-11(2)9-14(10-17)12(16)3/h5-9,17H,4,10H2,1-3H3. The van der Waals surface area contributed by atoms with Crippen LogP contribution in [-0.4, -0.2) is 9.67 Å². The van der Waals surface area contributed by atoms with Crippen molar-refractivity contribution < 1.29 is 5.11 Å². The molecule has 2 nitrogen and oxygen atoms in total. The molecule has 90 valence electrons. The van der Waals surface area contributed by atoms with Crippen molar-refractivity contribution in [1.29, 1.82) is 0 Å². The van der Waals surface area contributed by atoms with E-state index in [0.29, 0.717) is 0 Å². The van der Waals surface area contributed by atoms with Crippen LogP contribution in [0.5, 0.6) is 0 Å². The van der Waals surface area contributed by atoms with Crippen LogP contribution in [-0.2, 0) is 13.0 Å². The van der Waals surface area contributed by atoms with Crippen molar-refractivity contribution in [2.45, 2.75) is 33.8 Å². The predicted molar refractivity (Wildman–Crippen MR) is 70.5 cm³/mol. The van der Waals surface area contributed by atoms with Gasteiger partial charge in [-0.2, -0.15) is 0 Å². The highest BCUT2D eigenvalue weighted by Gasteiger charge is 2.11. The summed E-state index contributed by atoms with van der Waals surface area (Å²) >= 11 is 0. The molecule has 0 aliphatic rings. The molecular weight excluding hydrogens is 210 g/mol. The first kappa shape index (κ1) is 11.9. The Balaban J connectivity index is 2.64. The molecule has 17 heavy (non-hydrogen) atoms. The number of aromatic nitrogens is 1. The van der Waals surface area contributed by atoms with Gasteiger partial charge in [0.25, 0.3) is 0 Å². The molecule has 0 saturated heterocycles. The van der Waals surface area contributed by atoms with Crippen molar-refractivity contribution >= 4 is 0 Å². The van der Waals surface area contributed by atoms with Crippen molar-refractivity contribution in [3.05, 3.63) is 52.8 Å². The molecule has 1 heterocycles. The summed E-state index contributed by atoms with van der Waals surface area (Å²) in [6.45, 7) is 6.41. The Morgan fingerprint density at radius 2 is 1.82 bits per heavy atom. The van der Waals surface area contributed by atoms with Gasteiger partial charge in [0, 0.05) is 17.1 Å². The van der Waals surface area contributed by atoms with Gasteiger partial charge in [0.15, 0.2) is 0 Å². The van der Waals surface area contributed by atoms with Gasteiger partial charge >= 0.3 is 0 Å². The number of hydrogen-bond donors (Lipinski definition) is 1. The molecule has 0 fully saturated rings. The normalized spacial score (nSPS) is 10.8. The number of hydrogen-bond acceptors (Lipinski definition) is 1. The summed E-state index contributed by atoms with van der Waals surface area (Å²) in [5.41, 5.74) is 5.87. The van der Waals surface area contributed by atoms with Crippen molar-refractivity contribution in [2.24, 2.45) is 0 Å². The lowest BCUT2D eigenvalue weighted by atomic mass is 10.1. The summed E-state index contributed by atoms with van der Waals surface area (Å²) in [4.78, 5) is 0. The van der Waals surface area contributed by atoms with E-state index in [9.17, 15) is 5.11 Å². The van der Waals surface area contributed by atoms with E-state index in [2.05, 4.69) is 55.7 Å². The van der Waals surface area contributed by atoms with Crippen LogP contribution < -0.4 is 0 Å². The summed E-state index contributed by atoms with van der Waals surface area (Å²) in [5, 5.41) is 9.32. The molecular formula is C15H19NO. The van der Waals surface area contributed by atoms with Crippen LogP contribution in [0.25, 0.3) is 5.69 Å². The van der Waals surface area contributed by atoms with E-state index in [1.165, 1.54) is 16.9 Å². The molecule has 1 N–H and O–H groups in total. The fourth-order valence-corrected chi connectivity index (χ4v) is 2.39. The Morgan fingerprint density at radius 3 is 2.41 bits per heavy atom. The SMILES string of the molecule is CCc1ccccc1-n1c(C)cc(CO)c1C. The van der Waals surface area contributed by atoms with E-state index in [0.717, 1.165) is 17.7 Å². The summed E-state index contributed by atoms with van der Waals surface area (Å²) < 4.78 is 2.23. The van der Waals surface area contributed by atoms with E-state index >= 15 is 0 Å². The third kappa shape index (κ3) is 2.01. The van der Waals surface area contributed by atoms with Crippen LogP contribution in [0.3, 0.4) is 0 Å². The summed E-state index contributed by atoms with van der Waals surface area (Å²) in [7, 11) is 0. The first-order chi connectivity index (χ1) is 8.19. The Bertz CT molecular complexity index is 526. The number of rotatable bonds is 3. The monoisotopic (exact) mass is 229 g/mol. The maximum atomic E-state index is 9.32. The number of aryl methyl sites for hydroxylation is 2. The zero-order valence-corrected chi connectivity index (χ0v) is 10.7. The molecule has 0 amide bonds. The number of benzene rings is 1. The highest BCUT2D eigenvalue weighted by molar-refractivity contribution is 5.46. The molecule has 2 rings (SSSR count). The second kappa shape index (κ2) is 4.76. The van der Waals surface area contributed by atoms with Crippen molar-refractivity contribution in [2.75, 3.05) is 0 Å². The van der Waals surface area contributed by atoms with Gasteiger partial charge in [-0.25, -0.2) is 0 Å². The molecule has 0 aliphatic heterocycles. The van der Waals surface area contributed by atoms with E-state index in [4.69, 9.17) is 0 Å². The van der Waals surface area contributed by atoms with Crippen molar-refractivity contribution in [1.82, 2.24) is 4.57 Å².